The highest BCUT2D eigenvalue weighted by molar-refractivity contribution is 7.90. The number of sulfone groups is 1. The zero-order valence-corrected chi connectivity index (χ0v) is 18.5. The van der Waals surface area contributed by atoms with Gasteiger partial charge in [-0.1, -0.05) is 6.07 Å². The minimum absolute atomic E-state index is 0.0216. The van der Waals surface area contributed by atoms with E-state index in [0.717, 1.165) is 23.1 Å². The van der Waals surface area contributed by atoms with Gasteiger partial charge in [0.15, 0.2) is 0 Å². The summed E-state index contributed by atoms with van der Waals surface area (Å²) in [5.41, 5.74) is 11.0. The Hall–Kier alpha value is -3.07. The van der Waals surface area contributed by atoms with E-state index in [-0.39, 0.29) is 29.4 Å². The Balaban J connectivity index is 2.26. The molecule has 3 rings (SSSR count). The lowest BCUT2D eigenvalue weighted by Crippen LogP contribution is -2.29. The van der Waals surface area contributed by atoms with Crippen LogP contribution in [0.3, 0.4) is 0 Å². The number of amides is 1. The van der Waals surface area contributed by atoms with Crippen LogP contribution in [-0.2, 0) is 9.84 Å². The Morgan fingerprint density at radius 3 is 2.50 bits per heavy atom. The zero-order valence-electron chi connectivity index (χ0n) is 17.7. The molecule has 2 aromatic heterocycles. The van der Waals surface area contributed by atoms with E-state index in [1.807, 2.05) is 26.8 Å². The van der Waals surface area contributed by atoms with E-state index in [1.54, 1.807) is 23.6 Å². The number of aryl methyl sites for hydroxylation is 3. The Morgan fingerprint density at radius 2 is 1.87 bits per heavy atom. The fourth-order valence-corrected chi connectivity index (χ4v) is 3.96. The zero-order chi connectivity index (χ0) is 22.4. The summed E-state index contributed by atoms with van der Waals surface area (Å²) in [5, 5.41) is 13.4. The van der Waals surface area contributed by atoms with Crippen molar-refractivity contribution in [3.05, 3.63) is 46.1 Å². The number of phenolic OH excluding ortho intramolecular Hbond substituents is 1. The third-order valence-electron chi connectivity index (χ3n) is 5.24. The molecular formula is C21H26N4O4S. The molecule has 9 heteroatoms. The van der Waals surface area contributed by atoms with Crippen LogP contribution in [0.2, 0.25) is 0 Å². The molecule has 0 atom stereocenters. The third kappa shape index (κ3) is 3.85. The number of carbonyl (C=O) groups excluding carboxylic acids is 1. The highest BCUT2D eigenvalue weighted by Crippen LogP contribution is 2.36. The third-order valence-corrected chi connectivity index (χ3v) is 6.18. The molecule has 0 aliphatic rings. The molecule has 0 aliphatic heterocycles. The van der Waals surface area contributed by atoms with Gasteiger partial charge in [-0.15, -0.1) is 0 Å². The maximum Gasteiger partial charge on any atom is 0.255 e. The monoisotopic (exact) mass is 430 g/mol. The predicted molar refractivity (Wildman–Crippen MR) is 118 cm³/mol. The largest absolute Gasteiger partial charge is 0.508 e. The van der Waals surface area contributed by atoms with E-state index in [9.17, 15) is 18.3 Å². The summed E-state index contributed by atoms with van der Waals surface area (Å²) >= 11 is 0. The van der Waals surface area contributed by atoms with Gasteiger partial charge in [-0.25, -0.2) is 13.4 Å². The lowest BCUT2D eigenvalue weighted by molar-refractivity contribution is 0.0958. The maximum absolute atomic E-state index is 13.0. The van der Waals surface area contributed by atoms with Crippen LogP contribution in [0.5, 0.6) is 5.75 Å². The van der Waals surface area contributed by atoms with Crippen molar-refractivity contribution in [3.63, 3.8) is 0 Å². The number of pyridine rings is 1. The number of hydrogen-bond donors (Lipinski definition) is 3. The summed E-state index contributed by atoms with van der Waals surface area (Å²) < 4.78 is 24.5. The standard InChI is InChI=1S/C21H26N4O4S/c1-11-6-7-16(26)13(3)18(11)25-19(22)17(21(27)23-8-9-30(5,28)29)15-10-12(2)14(4)24-20(15)25/h6-7,10,26H,8-9,22H2,1-5H3,(H,23,27). The number of phenols is 1. The number of anilines is 1. The van der Waals surface area contributed by atoms with E-state index < -0.39 is 15.7 Å². The average Bonchev–Trinajstić information content (AvgIpc) is 2.89. The van der Waals surface area contributed by atoms with Crippen molar-refractivity contribution in [3.8, 4) is 11.4 Å². The molecule has 0 aliphatic carbocycles. The Morgan fingerprint density at radius 1 is 1.20 bits per heavy atom. The number of nitrogen functional groups attached to an aromatic ring is 1. The molecule has 3 aromatic rings. The molecule has 0 saturated carbocycles. The number of rotatable bonds is 5. The number of nitrogens with two attached hydrogens (primary N) is 1. The normalized spacial score (nSPS) is 11.8. The molecule has 0 fully saturated rings. The van der Waals surface area contributed by atoms with Crippen LogP contribution in [-0.4, -0.2) is 47.5 Å². The molecule has 1 amide bonds. The number of fused-ring (bicyclic) bond motifs is 1. The first-order valence-electron chi connectivity index (χ1n) is 9.46. The number of hydrogen-bond acceptors (Lipinski definition) is 6. The van der Waals surface area contributed by atoms with Gasteiger partial charge in [0.05, 0.1) is 17.0 Å². The Bertz CT molecular complexity index is 1280. The van der Waals surface area contributed by atoms with E-state index in [0.29, 0.717) is 22.3 Å². The first-order valence-corrected chi connectivity index (χ1v) is 11.5. The quantitative estimate of drug-likeness (QED) is 0.570. The van der Waals surface area contributed by atoms with E-state index in [2.05, 4.69) is 10.3 Å². The lowest BCUT2D eigenvalue weighted by atomic mass is 10.1. The van der Waals surface area contributed by atoms with Crippen molar-refractivity contribution in [2.45, 2.75) is 27.7 Å². The Labute approximate surface area is 175 Å². The van der Waals surface area contributed by atoms with E-state index >= 15 is 0 Å². The molecule has 8 nitrogen and oxygen atoms in total. The fourth-order valence-electron chi connectivity index (χ4n) is 3.48. The number of nitrogens with one attached hydrogen (secondary N) is 1. The minimum atomic E-state index is -3.21. The summed E-state index contributed by atoms with van der Waals surface area (Å²) in [6.45, 7) is 7.41. The number of nitrogens with zero attached hydrogens (tertiary/aromatic N) is 2. The van der Waals surface area contributed by atoms with Crippen LogP contribution in [0, 0.1) is 27.7 Å². The molecule has 1 aromatic carbocycles. The van der Waals surface area contributed by atoms with Gasteiger partial charge in [0.1, 0.15) is 27.1 Å². The van der Waals surface area contributed by atoms with Gasteiger partial charge in [-0.3, -0.25) is 9.36 Å². The Kier molecular flexibility index (Phi) is 5.51. The van der Waals surface area contributed by atoms with Gasteiger partial charge in [0.2, 0.25) is 0 Å². The van der Waals surface area contributed by atoms with Crippen LogP contribution < -0.4 is 11.1 Å². The number of aromatic hydroxyl groups is 1. The van der Waals surface area contributed by atoms with Crippen molar-refractivity contribution in [2.75, 3.05) is 24.3 Å². The van der Waals surface area contributed by atoms with Crippen LogP contribution >= 0.6 is 0 Å². The van der Waals surface area contributed by atoms with Crippen LogP contribution in [0.25, 0.3) is 16.7 Å². The SMILES string of the molecule is Cc1cc2c(C(=O)NCCS(C)(=O)=O)c(N)n(-c3c(C)ccc(O)c3C)c2nc1C. The molecule has 0 spiro atoms. The first-order chi connectivity index (χ1) is 13.9. The van der Waals surface area contributed by atoms with Crippen LogP contribution in [0.1, 0.15) is 32.7 Å². The maximum atomic E-state index is 13.0. The topological polar surface area (TPSA) is 127 Å². The summed E-state index contributed by atoms with van der Waals surface area (Å²) in [6, 6.07) is 5.23. The number of carbonyl (C=O) groups is 1. The molecule has 30 heavy (non-hydrogen) atoms. The van der Waals surface area contributed by atoms with Gasteiger partial charge in [0, 0.05) is 29.4 Å². The molecular weight excluding hydrogens is 404 g/mol. The molecule has 4 N–H and O–H groups in total. The fraction of sp³-hybridized carbons (Fsp3) is 0.333. The molecule has 0 radical (unpaired) electrons. The average molecular weight is 431 g/mol. The molecule has 2 heterocycles. The summed E-state index contributed by atoms with van der Waals surface area (Å²) in [4.78, 5) is 17.6. The molecule has 0 unspecified atom stereocenters. The van der Waals surface area contributed by atoms with Crippen molar-refractivity contribution in [2.24, 2.45) is 0 Å². The van der Waals surface area contributed by atoms with Crippen molar-refractivity contribution in [1.82, 2.24) is 14.9 Å². The van der Waals surface area contributed by atoms with Crippen LogP contribution in [0.15, 0.2) is 18.2 Å². The van der Waals surface area contributed by atoms with Crippen LogP contribution in [0.4, 0.5) is 5.82 Å². The number of aromatic nitrogens is 2. The summed E-state index contributed by atoms with van der Waals surface area (Å²) in [6.07, 6.45) is 1.11. The van der Waals surface area contributed by atoms with Gasteiger partial charge in [0.25, 0.3) is 5.91 Å². The van der Waals surface area contributed by atoms with E-state index in [1.165, 1.54) is 0 Å². The smallest absolute Gasteiger partial charge is 0.255 e. The molecule has 0 bridgehead atoms. The van der Waals surface area contributed by atoms with Gasteiger partial charge >= 0.3 is 0 Å². The van der Waals surface area contributed by atoms with Crippen molar-refractivity contribution < 1.29 is 18.3 Å². The minimum Gasteiger partial charge on any atom is -0.508 e. The van der Waals surface area contributed by atoms with Gasteiger partial charge in [-0.05, 0) is 51.0 Å². The second-order valence-corrected chi connectivity index (χ2v) is 9.88. The highest BCUT2D eigenvalue weighted by Gasteiger charge is 2.25. The second kappa shape index (κ2) is 7.64. The first kappa shape index (κ1) is 21.6. The number of benzene rings is 1. The summed E-state index contributed by atoms with van der Waals surface area (Å²) in [5.74, 6) is -0.352. The predicted octanol–water partition coefficient (Wildman–Crippen LogP) is 2.32. The lowest BCUT2D eigenvalue weighted by Gasteiger charge is -2.15. The molecule has 160 valence electrons. The highest BCUT2D eigenvalue weighted by atomic mass is 32.2. The summed E-state index contributed by atoms with van der Waals surface area (Å²) in [7, 11) is -3.21. The van der Waals surface area contributed by atoms with Gasteiger partial charge < -0.3 is 16.2 Å². The van der Waals surface area contributed by atoms with Crippen molar-refractivity contribution in [1.29, 1.82) is 0 Å². The second-order valence-electron chi connectivity index (χ2n) is 7.62. The van der Waals surface area contributed by atoms with E-state index in [4.69, 9.17) is 5.73 Å². The van der Waals surface area contributed by atoms with Crippen molar-refractivity contribution >= 4 is 32.6 Å². The van der Waals surface area contributed by atoms with Gasteiger partial charge in [-0.2, -0.15) is 0 Å². The molecule has 0 saturated heterocycles.